The van der Waals surface area contributed by atoms with Crippen molar-refractivity contribution in [1.29, 1.82) is 0 Å². The average Bonchev–Trinajstić information content (AvgIpc) is 3.24. The van der Waals surface area contributed by atoms with Crippen LogP contribution in [0.25, 0.3) is 32.3 Å². The van der Waals surface area contributed by atoms with Crippen LogP contribution in [0.1, 0.15) is 5.56 Å². The highest BCUT2D eigenvalue weighted by molar-refractivity contribution is 7.19. The van der Waals surface area contributed by atoms with Crippen LogP contribution in [0.2, 0.25) is 10.0 Å². The normalized spacial score (nSPS) is 11.0. The van der Waals surface area contributed by atoms with Crippen molar-refractivity contribution in [3.8, 4) is 32.3 Å². The Morgan fingerprint density at radius 1 is 0.840 bits per heavy atom. The van der Waals surface area contributed by atoms with Crippen molar-refractivity contribution in [3.05, 3.63) is 64.1 Å². The molecule has 0 aliphatic rings. The fourth-order valence-electron chi connectivity index (χ4n) is 2.75. The van der Waals surface area contributed by atoms with Crippen LogP contribution in [0.4, 0.5) is 0 Å². The Bertz CT molecular complexity index is 1010. The van der Waals surface area contributed by atoms with E-state index >= 15 is 0 Å². The largest absolute Gasteiger partial charge is 0.214 e. The molecule has 0 saturated heterocycles. The lowest BCUT2D eigenvalue weighted by atomic mass is 9.98. The summed E-state index contributed by atoms with van der Waals surface area (Å²) in [6, 6.07) is 15.7. The fraction of sp³-hybridized carbons (Fsp3) is 0.0556. The van der Waals surface area contributed by atoms with Gasteiger partial charge in [0.25, 0.3) is 0 Å². The van der Waals surface area contributed by atoms with E-state index in [0.717, 1.165) is 32.0 Å². The van der Waals surface area contributed by atoms with Gasteiger partial charge in [0, 0.05) is 20.5 Å². The van der Waals surface area contributed by atoms with E-state index in [1.807, 2.05) is 48.5 Å². The maximum absolute atomic E-state index is 6.06. The molecule has 2 heterocycles. The monoisotopic (exact) mass is 386 g/mol. The molecule has 4 rings (SSSR count). The van der Waals surface area contributed by atoms with Crippen molar-refractivity contribution in [2.45, 2.75) is 6.92 Å². The molecule has 0 unspecified atom stereocenters. The zero-order valence-corrected chi connectivity index (χ0v) is 15.5. The number of halogens is 2. The summed E-state index contributed by atoms with van der Waals surface area (Å²) >= 11 is 13.7. The maximum Gasteiger partial charge on any atom is 0.214 e. The fourth-order valence-corrected chi connectivity index (χ4v) is 4.27. The molecule has 0 radical (unpaired) electrons. The van der Waals surface area contributed by atoms with Crippen molar-refractivity contribution in [2.75, 3.05) is 0 Å². The number of hydrogen-bond acceptors (Lipinski definition) is 4. The first-order valence-corrected chi connectivity index (χ1v) is 9.10. The van der Waals surface area contributed by atoms with Crippen molar-refractivity contribution in [1.82, 2.24) is 20.6 Å². The molecule has 0 bridgehead atoms. The van der Waals surface area contributed by atoms with Crippen molar-refractivity contribution in [2.24, 2.45) is 0 Å². The smallest absolute Gasteiger partial charge is 0.177 e. The number of benzene rings is 2. The number of hydrogen-bond donors (Lipinski definition) is 1. The molecule has 0 aliphatic heterocycles. The molecule has 4 nitrogen and oxygen atoms in total. The van der Waals surface area contributed by atoms with E-state index < -0.39 is 0 Å². The van der Waals surface area contributed by atoms with E-state index in [2.05, 4.69) is 27.5 Å². The minimum Gasteiger partial charge on any atom is -0.177 e. The van der Waals surface area contributed by atoms with E-state index in [4.69, 9.17) is 23.2 Å². The molecule has 0 spiro atoms. The van der Waals surface area contributed by atoms with Gasteiger partial charge in [-0.3, -0.25) is 0 Å². The Morgan fingerprint density at radius 2 is 1.44 bits per heavy atom. The van der Waals surface area contributed by atoms with Gasteiger partial charge in [-0.05, 0) is 53.1 Å². The highest BCUT2D eigenvalue weighted by atomic mass is 35.5. The van der Waals surface area contributed by atoms with E-state index in [-0.39, 0.29) is 0 Å². The number of aromatic nitrogens is 4. The van der Waals surface area contributed by atoms with Gasteiger partial charge in [-0.2, -0.15) is 5.21 Å². The van der Waals surface area contributed by atoms with Crippen molar-refractivity contribution in [3.63, 3.8) is 0 Å². The summed E-state index contributed by atoms with van der Waals surface area (Å²) in [5, 5.41) is 15.9. The lowest BCUT2D eigenvalue weighted by Crippen LogP contribution is -1.84. The molecule has 25 heavy (non-hydrogen) atoms. The summed E-state index contributed by atoms with van der Waals surface area (Å²) in [6.45, 7) is 2.07. The van der Waals surface area contributed by atoms with Crippen LogP contribution >= 0.6 is 34.5 Å². The number of H-pyrrole nitrogens is 1. The SMILES string of the molecule is Cc1c(-c2nn[nH]n2)sc(-c2ccc(Cl)cc2)c1-c1ccc(Cl)cc1. The number of tetrazole rings is 1. The Morgan fingerprint density at radius 3 is 2.00 bits per heavy atom. The molecular weight excluding hydrogens is 375 g/mol. The number of nitrogens with one attached hydrogen (secondary N) is 1. The van der Waals surface area contributed by atoms with Gasteiger partial charge in [0.1, 0.15) is 0 Å². The van der Waals surface area contributed by atoms with E-state index in [1.54, 1.807) is 11.3 Å². The topological polar surface area (TPSA) is 54.5 Å². The van der Waals surface area contributed by atoms with Crippen molar-refractivity contribution >= 4 is 34.5 Å². The predicted molar refractivity (Wildman–Crippen MR) is 103 cm³/mol. The molecule has 2 aromatic heterocycles. The third kappa shape index (κ3) is 3.06. The second-order valence-electron chi connectivity index (χ2n) is 5.51. The standard InChI is InChI=1S/C18H12Cl2N4S/c1-10-15(11-2-6-13(19)7-3-11)17(12-4-8-14(20)9-5-12)25-16(10)18-21-23-24-22-18/h2-9H,1H3,(H,21,22,23,24). The highest BCUT2D eigenvalue weighted by Gasteiger charge is 2.21. The van der Waals surface area contributed by atoms with Gasteiger partial charge >= 0.3 is 0 Å². The first-order chi connectivity index (χ1) is 12.1. The minimum absolute atomic E-state index is 0.595. The van der Waals surface area contributed by atoms with Crippen LogP contribution in [0.5, 0.6) is 0 Å². The summed E-state index contributed by atoms with van der Waals surface area (Å²) in [7, 11) is 0. The highest BCUT2D eigenvalue weighted by Crippen LogP contribution is 2.46. The molecule has 0 fully saturated rings. The van der Waals surface area contributed by atoms with E-state index in [0.29, 0.717) is 15.9 Å². The van der Waals surface area contributed by atoms with Gasteiger partial charge in [-0.1, -0.05) is 47.5 Å². The first kappa shape index (κ1) is 16.3. The third-order valence-electron chi connectivity index (χ3n) is 3.93. The quantitative estimate of drug-likeness (QED) is 0.478. The molecule has 0 amide bonds. The zero-order chi connectivity index (χ0) is 17.4. The number of aromatic amines is 1. The Labute approximate surface area is 158 Å². The van der Waals surface area contributed by atoms with Gasteiger partial charge in [0.2, 0.25) is 5.82 Å². The second-order valence-corrected chi connectivity index (χ2v) is 7.40. The van der Waals surface area contributed by atoms with Crippen LogP contribution < -0.4 is 0 Å². The number of thiophene rings is 1. The Hall–Kier alpha value is -2.21. The van der Waals surface area contributed by atoms with Gasteiger partial charge in [-0.25, -0.2) is 0 Å². The molecule has 7 heteroatoms. The van der Waals surface area contributed by atoms with Gasteiger partial charge < -0.3 is 0 Å². The average molecular weight is 387 g/mol. The van der Waals surface area contributed by atoms with Crippen LogP contribution in [-0.4, -0.2) is 20.6 Å². The van der Waals surface area contributed by atoms with Crippen LogP contribution in [0, 0.1) is 6.92 Å². The van der Waals surface area contributed by atoms with Crippen LogP contribution in [0.15, 0.2) is 48.5 Å². The summed E-state index contributed by atoms with van der Waals surface area (Å²) in [4.78, 5) is 2.12. The number of rotatable bonds is 3. The molecule has 0 atom stereocenters. The molecule has 4 aromatic rings. The molecule has 1 N–H and O–H groups in total. The van der Waals surface area contributed by atoms with Crippen molar-refractivity contribution < 1.29 is 0 Å². The summed E-state index contributed by atoms with van der Waals surface area (Å²) < 4.78 is 0. The Kier molecular flexibility index (Phi) is 4.29. The summed E-state index contributed by atoms with van der Waals surface area (Å²) in [5.74, 6) is 0.595. The van der Waals surface area contributed by atoms with Crippen LogP contribution in [0.3, 0.4) is 0 Å². The zero-order valence-electron chi connectivity index (χ0n) is 13.1. The third-order valence-corrected chi connectivity index (χ3v) is 5.78. The molecule has 0 aliphatic carbocycles. The Balaban J connectivity index is 1.96. The van der Waals surface area contributed by atoms with Crippen LogP contribution in [-0.2, 0) is 0 Å². The van der Waals surface area contributed by atoms with E-state index in [9.17, 15) is 0 Å². The number of nitrogens with zero attached hydrogens (tertiary/aromatic N) is 3. The first-order valence-electron chi connectivity index (χ1n) is 7.52. The van der Waals surface area contributed by atoms with E-state index in [1.165, 1.54) is 0 Å². The molecule has 124 valence electrons. The minimum atomic E-state index is 0.595. The van der Waals surface area contributed by atoms with Gasteiger partial charge in [0.15, 0.2) is 0 Å². The lowest BCUT2D eigenvalue weighted by molar-refractivity contribution is 0.881. The molecule has 0 saturated carbocycles. The lowest BCUT2D eigenvalue weighted by Gasteiger charge is -2.07. The van der Waals surface area contributed by atoms with Gasteiger partial charge in [0.05, 0.1) is 4.88 Å². The summed E-state index contributed by atoms with van der Waals surface area (Å²) in [5.41, 5.74) is 4.44. The predicted octanol–water partition coefficient (Wildman–Crippen LogP) is 5.88. The maximum atomic E-state index is 6.06. The summed E-state index contributed by atoms with van der Waals surface area (Å²) in [6.07, 6.45) is 0. The van der Waals surface area contributed by atoms with Gasteiger partial charge in [-0.15, -0.1) is 21.5 Å². The second kappa shape index (κ2) is 6.59. The molecule has 2 aromatic carbocycles. The molecular formula is C18H12Cl2N4S.